The number of ketones is 1. The van der Waals surface area contributed by atoms with Crippen LogP contribution in [-0.4, -0.2) is 21.6 Å². The fraction of sp³-hybridized carbons (Fsp3) is 0.111. The van der Waals surface area contributed by atoms with E-state index in [1.165, 1.54) is 20.8 Å². The van der Waals surface area contributed by atoms with Gasteiger partial charge in [0.1, 0.15) is 5.78 Å². The summed E-state index contributed by atoms with van der Waals surface area (Å²) in [5.74, 6) is 0.333. The maximum atomic E-state index is 9.44. The van der Waals surface area contributed by atoms with E-state index in [9.17, 15) is 4.79 Å². The number of Topliss-reactive ketones (excluding diaryl/α,β-unsaturated/α-hetero) is 1. The van der Waals surface area contributed by atoms with E-state index in [0.717, 1.165) is 22.5 Å². The number of rotatable bonds is 2. The molecule has 0 radical (unpaired) electrons. The van der Waals surface area contributed by atoms with Crippen LogP contribution in [-0.2, 0) is 4.79 Å². The standard InChI is InChI=1S/2C11H9N.C3H6O.C2H6N2/c2*1-2-6-10(7-3-1)11-8-4-5-9-12-11;1-3(2)4;1-2(3)4/h2*1-9H;1-2H3;1H3,(H3,3,4). The molecule has 0 spiro atoms. The third-order valence-electron chi connectivity index (χ3n) is 3.47. The van der Waals surface area contributed by atoms with Gasteiger partial charge in [0.25, 0.3) is 0 Å². The molecular formula is C27H30N4O. The highest BCUT2D eigenvalue weighted by Gasteiger charge is 1.94. The predicted molar refractivity (Wildman–Crippen MR) is 133 cm³/mol. The Bertz CT molecular complexity index is 852. The van der Waals surface area contributed by atoms with Gasteiger partial charge < -0.3 is 10.5 Å². The summed E-state index contributed by atoms with van der Waals surface area (Å²) < 4.78 is 0. The van der Waals surface area contributed by atoms with Crippen LogP contribution in [0.1, 0.15) is 20.8 Å². The smallest absolute Gasteiger partial charge is 0.126 e. The topological polar surface area (TPSA) is 92.7 Å². The van der Waals surface area contributed by atoms with Gasteiger partial charge in [-0.15, -0.1) is 0 Å². The minimum atomic E-state index is 0.167. The van der Waals surface area contributed by atoms with Gasteiger partial charge in [0.2, 0.25) is 0 Å². The van der Waals surface area contributed by atoms with Crippen LogP contribution in [0.5, 0.6) is 0 Å². The van der Waals surface area contributed by atoms with Crippen LogP contribution in [0.3, 0.4) is 0 Å². The van der Waals surface area contributed by atoms with Crippen LogP contribution in [0.25, 0.3) is 22.5 Å². The fourth-order valence-corrected chi connectivity index (χ4v) is 2.28. The van der Waals surface area contributed by atoms with Gasteiger partial charge in [-0.1, -0.05) is 72.8 Å². The molecule has 0 unspecified atom stereocenters. The Morgan fingerprint density at radius 1 is 0.625 bits per heavy atom. The van der Waals surface area contributed by atoms with Crippen molar-refractivity contribution in [2.75, 3.05) is 0 Å². The van der Waals surface area contributed by atoms with Crippen LogP contribution in [0, 0.1) is 5.41 Å². The van der Waals surface area contributed by atoms with Crippen molar-refractivity contribution < 1.29 is 4.79 Å². The first-order valence-corrected chi connectivity index (χ1v) is 10.1. The molecule has 2 aromatic carbocycles. The van der Waals surface area contributed by atoms with Crippen LogP contribution < -0.4 is 5.73 Å². The van der Waals surface area contributed by atoms with Crippen molar-refractivity contribution in [1.29, 1.82) is 5.41 Å². The lowest BCUT2D eigenvalue weighted by Gasteiger charge is -1.97. The molecule has 164 valence electrons. The number of carbonyl (C=O) groups is 1. The van der Waals surface area contributed by atoms with Gasteiger partial charge in [0, 0.05) is 23.5 Å². The van der Waals surface area contributed by atoms with Crippen molar-refractivity contribution in [1.82, 2.24) is 9.97 Å². The second-order valence-corrected chi connectivity index (χ2v) is 6.75. The molecule has 32 heavy (non-hydrogen) atoms. The Labute approximate surface area is 190 Å². The van der Waals surface area contributed by atoms with Crippen LogP contribution in [0.15, 0.2) is 109 Å². The molecule has 0 amide bonds. The van der Waals surface area contributed by atoms with Crippen LogP contribution in [0.4, 0.5) is 0 Å². The molecule has 0 aliphatic rings. The van der Waals surface area contributed by atoms with Gasteiger partial charge in [0.15, 0.2) is 0 Å². The number of hydrogen-bond acceptors (Lipinski definition) is 4. The molecule has 2 aromatic heterocycles. The monoisotopic (exact) mass is 426 g/mol. The predicted octanol–water partition coefficient (Wildman–Crippen LogP) is 6.03. The summed E-state index contributed by atoms with van der Waals surface area (Å²) in [5.41, 5.74) is 9.08. The summed E-state index contributed by atoms with van der Waals surface area (Å²) in [6, 6.07) is 32.2. The van der Waals surface area contributed by atoms with Gasteiger partial charge in [-0.25, -0.2) is 0 Å². The van der Waals surface area contributed by atoms with Gasteiger partial charge in [-0.3, -0.25) is 15.4 Å². The molecule has 3 N–H and O–H groups in total. The van der Waals surface area contributed by atoms with Crippen LogP contribution >= 0.6 is 0 Å². The molecule has 4 aromatic rings. The van der Waals surface area contributed by atoms with Gasteiger partial charge in [0.05, 0.1) is 17.2 Å². The van der Waals surface area contributed by atoms with E-state index in [2.05, 4.69) is 34.2 Å². The second-order valence-electron chi connectivity index (χ2n) is 6.75. The Hall–Kier alpha value is -4.12. The second kappa shape index (κ2) is 15.7. The van der Waals surface area contributed by atoms with Crippen molar-refractivity contribution in [3.05, 3.63) is 109 Å². The number of aromatic nitrogens is 2. The van der Waals surface area contributed by atoms with Crippen LogP contribution in [0.2, 0.25) is 0 Å². The first kappa shape index (κ1) is 25.9. The largest absolute Gasteiger partial charge is 0.388 e. The molecular weight excluding hydrogens is 396 g/mol. The summed E-state index contributed by atoms with van der Waals surface area (Å²) in [6.45, 7) is 4.58. The maximum absolute atomic E-state index is 9.44. The summed E-state index contributed by atoms with van der Waals surface area (Å²) >= 11 is 0. The number of carbonyl (C=O) groups excluding carboxylic acids is 1. The maximum Gasteiger partial charge on any atom is 0.126 e. The molecule has 5 heteroatoms. The van der Waals surface area contributed by atoms with E-state index in [0.29, 0.717) is 0 Å². The number of pyridine rings is 2. The average Bonchev–Trinajstić information content (AvgIpc) is 2.81. The lowest BCUT2D eigenvalue weighted by atomic mass is 10.1. The van der Waals surface area contributed by atoms with E-state index in [1.54, 1.807) is 0 Å². The molecule has 0 fully saturated rings. The first-order chi connectivity index (χ1) is 15.4. The molecule has 0 saturated heterocycles. The highest BCUT2D eigenvalue weighted by molar-refractivity contribution is 5.73. The number of nitrogens with zero attached hydrogens (tertiary/aromatic N) is 2. The van der Waals surface area contributed by atoms with E-state index in [1.807, 2.05) is 85.2 Å². The molecule has 2 heterocycles. The quantitative estimate of drug-likeness (QED) is 0.302. The van der Waals surface area contributed by atoms with Gasteiger partial charge >= 0.3 is 0 Å². The number of nitrogens with two attached hydrogens (primary N) is 1. The van der Waals surface area contributed by atoms with E-state index in [-0.39, 0.29) is 11.6 Å². The van der Waals surface area contributed by atoms with Crippen molar-refractivity contribution in [3.63, 3.8) is 0 Å². The summed E-state index contributed by atoms with van der Waals surface area (Å²) in [7, 11) is 0. The molecule has 5 nitrogen and oxygen atoms in total. The molecule has 0 bridgehead atoms. The lowest BCUT2D eigenvalue weighted by Crippen LogP contribution is -2.00. The van der Waals surface area contributed by atoms with Gasteiger partial charge in [-0.05, 0) is 45.0 Å². The highest BCUT2D eigenvalue weighted by Crippen LogP contribution is 2.15. The van der Waals surface area contributed by atoms with E-state index in [4.69, 9.17) is 11.1 Å². The normalized spacial score (nSPS) is 8.84. The zero-order valence-corrected chi connectivity index (χ0v) is 18.8. The minimum Gasteiger partial charge on any atom is -0.388 e. The Kier molecular flexibility index (Phi) is 12.7. The number of amidine groups is 1. The Morgan fingerprint density at radius 2 is 0.906 bits per heavy atom. The summed E-state index contributed by atoms with van der Waals surface area (Å²) in [4.78, 5) is 17.9. The molecule has 0 atom stereocenters. The Balaban J connectivity index is 0.000000242. The summed E-state index contributed by atoms with van der Waals surface area (Å²) in [6.07, 6.45) is 3.62. The van der Waals surface area contributed by atoms with Crippen molar-refractivity contribution in [2.45, 2.75) is 20.8 Å². The molecule has 0 aliphatic carbocycles. The third kappa shape index (κ3) is 12.4. The number of benzene rings is 2. The zero-order chi connectivity index (χ0) is 23.6. The minimum absolute atomic E-state index is 0.167. The highest BCUT2D eigenvalue weighted by atomic mass is 16.1. The van der Waals surface area contributed by atoms with Crippen molar-refractivity contribution >= 4 is 11.6 Å². The fourth-order valence-electron chi connectivity index (χ4n) is 2.28. The average molecular weight is 427 g/mol. The van der Waals surface area contributed by atoms with Gasteiger partial charge in [-0.2, -0.15) is 0 Å². The first-order valence-electron chi connectivity index (χ1n) is 10.1. The third-order valence-corrected chi connectivity index (χ3v) is 3.47. The van der Waals surface area contributed by atoms with E-state index >= 15 is 0 Å². The molecule has 0 saturated carbocycles. The Morgan fingerprint density at radius 3 is 1.16 bits per heavy atom. The summed E-state index contributed by atoms with van der Waals surface area (Å²) in [5, 5.41) is 6.28. The van der Waals surface area contributed by atoms with Crippen molar-refractivity contribution in [2.24, 2.45) is 5.73 Å². The van der Waals surface area contributed by atoms with Crippen molar-refractivity contribution in [3.8, 4) is 22.5 Å². The van der Waals surface area contributed by atoms with E-state index < -0.39 is 0 Å². The molecule has 4 rings (SSSR count). The number of hydrogen-bond donors (Lipinski definition) is 2. The number of nitrogens with one attached hydrogen (secondary N) is 1. The molecule has 0 aliphatic heterocycles. The SMILES string of the molecule is CC(=N)N.CC(C)=O.c1ccc(-c2ccccn2)cc1.c1ccc(-c2ccccn2)cc1. The lowest BCUT2D eigenvalue weighted by molar-refractivity contribution is -0.114. The zero-order valence-electron chi connectivity index (χ0n) is 18.8.